The van der Waals surface area contributed by atoms with Gasteiger partial charge in [-0.25, -0.2) is 4.39 Å². The first-order valence-electron chi connectivity index (χ1n) is 9.87. The molecule has 2 aliphatic carbocycles. The second-order valence-electron chi connectivity index (χ2n) is 8.20. The van der Waals surface area contributed by atoms with Crippen molar-refractivity contribution in [1.82, 2.24) is 0 Å². The van der Waals surface area contributed by atoms with E-state index in [-0.39, 0.29) is 22.7 Å². The fourth-order valence-electron chi connectivity index (χ4n) is 5.11. The molecule has 27 heavy (non-hydrogen) atoms. The maximum atomic E-state index is 14.6. The summed E-state index contributed by atoms with van der Waals surface area (Å²) < 4.78 is 57.3. The van der Waals surface area contributed by atoms with Crippen molar-refractivity contribution in [2.24, 2.45) is 17.8 Å². The summed E-state index contributed by atoms with van der Waals surface area (Å²) in [5.74, 6) is 1.01. The summed E-state index contributed by atoms with van der Waals surface area (Å²) in [4.78, 5) is 0. The Kier molecular flexibility index (Phi) is 6.60. The fourth-order valence-corrected chi connectivity index (χ4v) is 5.36. The van der Waals surface area contributed by atoms with Crippen molar-refractivity contribution in [3.63, 3.8) is 0 Å². The van der Waals surface area contributed by atoms with Crippen LogP contribution in [0.3, 0.4) is 0 Å². The average Bonchev–Trinajstić information content (AvgIpc) is 2.63. The molecule has 6 heteroatoms. The molecule has 0 aromatic heterocycles. The number of benzene rings is 1. The summed E-state index contributed by atoms with van der Waals surface area (Å²) in [5, 5.41) is 0.0418. The predicted octanol–water partition coefficient (Wildman–Crippen LogP) is 7.52. The van der Waals surface area contributed by atoms with Crippen LogP contribution in [0.15, 0.2) is 12.1 Å². The molecule has 0 saturated heterocycles. The third-order valence-corrected chi connectivity index (χ3v) is 6.94. The van der Waals surface area contributed by atoms with Gasteiger partial charge in [0.05, 0.1) is 7.11 Å². The van der Waals surface area contributed by atoms with Gasteiger partial charge in [-0.2, -0.15) is 13.2 Å². The van der Waals surface area contributed by atoms with E-state index in [2.05, 4.69) is 0 Å². The number of hydrogen-bond acceptors (Lipinski definition) is 1. The molecule has 2 saturated carbocycles. The molecule has 1 nitrogen and oxygen atoms in total. The highest BCUT2D eigenvalue weighted by atomic mass is 35.5. The van der Waals surface area contributed by atoms with Gasteiger partial charge in [0.25, 0.3) is 0 Å². The minimum absolute atomic E-state index is 0.0418. The van der Waals surface area contributed by atoms with Crippen molar-refractivity contribution in [2.45, 2.75) is 69.9 Å². The molecular formula is C21H27ClF4O. The van der Waals surface area contributed by atoms with E-state index in [1.54, 1.807) is 12.1 Å². The molecule has 0 spiro atoms. The van der Waals surface area contributed by atoms with Crippen molar-refractivity contribution < 1.29 is 22.3 Å². The lowest BCUT2D eigenvalue weighted by atomic mass is 9.68. The first-order valence-corrected chi connectivity index (χ1v) is 10.2. The zero-order valence-corrected chi connectivity index (χ0v) is 16.4. The van der Waals surface area contributed by atoms with Gasteiger partial charge < -0.3 is 4.74 Å². The van der Waals surface area contributed by atoms with Crippen LogP contribution in [-0.4, -0.2) is 13.3 Å². The third kappa shape index (κ3) is 5.10. The molecule has 0 bridgehead atoms. The number of methoxy groups -OCH3 is 1. The second-order valence-corrected chi connectivity index (χ2v) is 8.57. The average molecular weight is 407 g/mol. The number of halogens is 5. The monoisotopic (exact) mass is 406 g/mol. The predicted molar refractivity (Wildman–Crippen MR) is 98.8 cm³/mol. The molecule has 0 N–H and O–H groups in total. The van der Waals surface area contributed by atoms with E-state index >= 15 is 0 Å². The number of alkyl halides is 3. The molecule has 3 rings (SSSR count). The lowest BCUT2D eigenvalue weighted by Crippen LogP contribution is -2.27. The van der Waals surface area contributed by atoms with Crippen LogP contribution in [0.4, 0.5) is 17.6 Å². The summed E-state index contributed by atoms with van der Waals surface area (Å²) in [6.07, 6.45) is 2.35. The van der Waals surface area contributed by atoms with Crippen molar-refractivity contribution >= 4 is 11.6 Å². The molecule has 2 fully saturated rings. The first-order chi connectivity index (χ1) is 12.8. The second kappa shape index (κ2) is 8.59. The van der Waals surface area contributed by atoms with Crippen LogP contribution in [0.5, 0.6) is 5.75 Å². The largest absolute Gasteiger partial charge is 0.495 e. The van der Waals surface area contributed by atoms with E-state index in [4.69, 9.17) is 16.3 Å². The van der Waals surface area contributed by atoms with Crippen molar-refractivity contribution in [1.29, 1.82) is 0 Å². The van der Waals surface area contributed by atoms with E-state index in [9.17, 15) is 17.6 Å². The molecule has 152 valence electrons. The summed E-state index contributed by atoms with van der Waals surface area (Å²) >= 11 is 6.05. The van der Waals surface area contributed by atoms with E-state index in [1.165, 1.54) is 7.11 Å². The van der Waals surface area contributed by atoms with Gasteiger partial charge in [0.15, 0.2) is 0 Å². The lowest BCUT2D eigenvalue weighted by molar-refractivity contribution is -0.147. The van der Waals surface area contributed by atoms with Gasteiger partial charge in [0.2, 0.25) is 0 Å². The molecule has 0 heterocycles. The normalized spacial score (nSPS) is 29.6. The number of ether oxygens (including phenoxy) is 1. The Labute approximate surface area is 163 Å². The Balaban J connectivity index is 1.52. The molecule has 0 amide bonds. The van der Waals surface area contributed by atoms with E-state index in [1.807, 2.05) is 0 Å². The highest BCUT2D eigenvalue weighted by Gasteiger charge is 2.36. The molecule has 0 unspecified atom stereocenters. The summed E-state index contributed by atoms with van der Waals surface area (Å²) in [5.41, 5.74) is 0.660. The molecule has 0 radical (unpaired) electrons. The van der Waals surface area contributed by atoms with Crippen LogP contribution in [0, 0.1) is 23.6 Å². The van der Waals surface area contributed by atoms with Crippen LogP contribution in [0.2, 0.25) is 5.02 Å². The fraction of sp³-hybridized carbons (Fsp3) is 0.714. The molecule has 1 aromatic carbocycles. The van der Waals surface area contributed by atoms with Gasteiger partial charge in [-0.1, -0.05) is 17.7 Å². The zero-order chi connectivity index (χ0) is 19.6. The Morgan fingerprint density at radius 1 is 0.963 bits per heavy atom. The molecule has 1 aromatic rings. The quantitative estimate of drug-likeness (QED) is 0.470. The molecular weight excluding hydrogens is 380 g/mol. The van der Waals surface area contributed by atoms with E-state index in [0.29, 0.717) is 36.0 Å². The SMILES string of the molecule is COc1ccc(C2CCC(C3CCC(CC(F)(F)F)CC3)CC2)c(F)c1Cl. The first kappa shape index (κ1) is 20.8. The number of rotatable bonds is 4. The highest BCUT2D eigenvalue weighted by Crippen LogP contribution is 2.46. The minimum Gasteiger partial charge on any atom is -0.495 e. The van der Waals surface area contributed by atoms with Gasteiger partial charge in [-0.3, -0.25) is 0 Å². The smallest absolute Gasteiger partial charge is 0.389 e. The van der Waals surface area contributed by atoms with Gasteiger partial charge in [0, 0.05) is 6.42 Å². The lowest BCUT2D eigenvalue weighted by Gasteiger charge is -2.38. The molecule has 2 aliphatic rings. The zero-order valence-electron chi connectivity index (χ0n) is 15.6. The van der Waals surface area contributed by atoms with Crippen LogP contribution < -0.4 is 4.74 Å². The highest BCUT2D eigenvalue weighted by molar-refractivity contribution is 6.32. The van der Waals surface area contributed by atoms with Crippen LogP contribution in [-0.2, 0) is 0 Å². The maximum absolute atomic E-state index is 14.6. The standard InChI is InChI=1S/C21H27ClF4O/c1-27-18-11-10-17(20(23)19(18)22)16-8-6-15(7-9-16)14-4-2-13(3-5-14)12-21(24,25)26/h10-11,13-16H,2-9,12H2,1H3. The Hall–Kier alpha value is -0.970. The van der Waals surface area contributed by atoms with Crippen LogP contribution in [0.25, 0.3) is 0 Å². The summed E-state index contributed by atoms with van der Waals surface area (Å²) in [7, 11) is 1.47. The van der Waals surface area contributed by atoms with Crippen LogP contribution >= 0.6 is 11.6 Å². The summed E-state index contributed by atoms with van der Waals surface area (Å²) in [6.45, 7) is 0. The summed E-state index contributed by atoms with van der Waals surface area (Å²) in [6, 6.07) is 3.49. The molecule has 0 atom stereocenters. The van der Waals surface area contributed by atoms with E-state index < -0.39 is 12.6 Å². The van der Waals surface area contributed by atoms with Crippen molar-refractivity contribution in [3.8, 4) is 5.75 Å². The van der Waals surface area contributed by atoms with Crippen molar-refractivity contribution in [2.75, 3.05) is 7.11 Å². The Morgan fingerprint density at radius 3 is 2.04 bits per heavy atom. The van der Waals surface area contributed by atoms with Crippen LogP contribution in [0.1, 0.15) is 69.3 Å². The third-order valence-electron chi connectivity index (χ3n) is 6.59. The van der Waals surface area contributed by atoms with Gasteiger partial charge in [-0.15, -0.1) is 0 Å². The van der Waals surface area contributed by atoms with Gasteiger partial charge in [-0.05, 0) is 86.7 Å². The Morgan fingerprint density at radius 2 is 1.52 bits per heavy atom. The molecule has 0 aliphatic heterocycles. The maximum Gasteiger partial charge on any atom is 0.389 e. The van der Waals surface area contributed by atoms with Crippen molar-refractivity contribution in [3.05, 3.63) is 28.5 Å². The van der Waals surface area contributed by atoms with E-state index in [0.717, 1.165) is 38.5 Å². The minimum atomic E-state index is -4.04. The Bertz CT molecular complexity index is 630. The number of hydrogen-bond donors (Lipinski definition) is 0. The topological polar surface area (TPSA) is 9.23 Å². The van der Waals surface area contributed by atoms with Gasteiger partial charge >= 0.3 is 6.18 Å². The van der Waals surface area contributed by atoms with Gasteiger partial charge in [0.1, 0.15) is 16.6 Å².